The maximum atomic E-state index is 11.0. The Morgan fingerprint density at radius 2 is 1.05 bits per heavy atom. The predicted molar refractivity (Wildman–Crippen MR) is 71.2 cm³/mol. The maximum Gasteiger partial charge on any atom is 0.320 e. The lowest BCUT2D eigenvalue weighted by Crippen LogP contribution is -2.57. The monoisotopic (exact) mass is 303 g/mol. The van der Waals surface area contributed by atoms with Gasteiger partial charge in [-0.15, -0.1) is 0 Å². The third-order valence-corrected chi connectivity index (χ3v) is 3.15. The van der Waals surface area contributed by atoms with Gasteiger partial charge in [-0.25, -0.2) is 10.0 Å². The summed E-state index contributed by atoms with van der Waals surface area (Å²) in [5.41, 5.74) is 0. The SMILES string of the molecule is O=C(O)CN1CCCCCCN(CC(=O)O)N1CC(=O)O. The third-order valence-electron chi connectivity index (χ3n) is 3.15. The lowest BCUT2D eigenvalue weighted by molar-refractivity contribution is -0.202. The van der Waals surface area contributed by atoms with Crippen molar-refractivity contribution in [2.75, 3.05) is 32.7 Å². The molecule has 1 saturated heterocycles. The second-order valence-corrected chi connectivity index (χ2v) is 4.90. The molecule has 0 aliphatic carbocycles. The third kappa shape index (κ3) is 6.52. The maximum absolute atomic E-state index is 11.0. The highest BCUT2D eigenvalue weighted by molar-refractivity contribution is 5.71. The van der Waals surface area contributed by atoms with Gasteiger partial charge in [-0.2, -0.15) is 5.12 Å². The molecule has 0 atom stereocenters. The van der Waals surface area contributed by atoms with Crippen LogP contribution in [0.1, 0.15) is 25.7 Å². The summed E-state index contributed by atoms with van der Waals surface area (Å²) >= 11 is 0. The summed E-state index contributed by atoms with van der Waals surface area (Å²) in [7, 11) is 0. The number of carbonyl (C=O) groups is 3. The fourth-order valence-corrected chi connectivity index (χ4v) is 2.31. The van der Waals surface area contributed by atoms with Gasteiger partial charge in [0.2, 0.25) is 0 Å². The Morgan fingerprint density at radius 3 is 1.38 bits per heavy atom. The van der Waals surface area contributed by atoms with E-state index in [1.165, 1.54) is 15.1 Å². The van der Waals surface area contributed by atoms with Crippen molar-refractivity contribution in [3.63, 3.8) is 0 Å². The normalized spacial score (nSPS) is 19.4. The molecule has 0 aromatic rings. The number of hydrazine groups is 2. The van der Waals surface area contributed by atoms with Gasteiger partial charge in [0.1, 0.15) is 19.6 Å². The lowest BCUT2D eigenvalue weighted by Gasteiger charge is -2.39. The molecule has 0 spiro atoms. The van der Waals surface area contributed by atoms with E-state index in [-0.39, 0.29) is 13.1 Å². The van der Waals surface area contributed by atoms with Crippen LogP contribution in [-0.4, -0.2) is 81.1 Å². The van der Waals surface area contributed by atoms with Crippen molar-refractivity contribution in [2.24, 2.45) is 0 Å². The Hall–Kier alpha value is -1.71. The van der Waals surface area contributed by atoms with Gasteiger partial charge in [0.25, 0.3) is 0 Å². The molecule has 9 nitrogen and oxygen atoms in total. The standard InChI is InChI=1S/C12H21N3O6/c16-10(17)7-13-5-3-1-2-4-6-14(8-11(18)19)15(13)9-12(20)21/h1-9H2,(H,16,17)(H,18,19)(H,20,21). The second kappa shape index (κ2) is 8.55. The van der Waals surface area contributed by atoms with Crippen LogP contribution in [0.25, 0.3) is 0 Å². The van der Waals surface area contributed by atoms with Crippen molar-refractivity contribution in [3.8, 4) is 0 Å². The summed E-state index contributed by atoms with van der Waals surface area (Å²) in [4.78, 5) is 32.9. The Bertz CT molecular complexity index is 361. The largest absolute Gasteiger partial charge is 0.480 e. The summed E-state index contributed by atoms with van der Waals surface area (Å²) in [5, 5.41) is 31.0. The number of hydrogen-bond donors (Lipinski definition) is 3. The zero-order valence-electron chi connectivity index (χ0n) is 11.8. The van der Waals surface area contributed by atoms with Crippen LogP contribution in [0.15, 0.2) is 0 Å². The fourth-order valence-electron chi connectivity index (χ4n) is 2.31. The highest BCUT2D eigenvalue weighted by Gasteiger charge is 2.28. The highest BCUT2D eigenvalue weighted by Crippen LogP contribution is 2.13. The Morgan fingerprint density at radius 1 is 0.667 bits per heavy atom. The summed E-state index contributed by atoms with van der Waals surface area (Å²) in [6, 6.07) is 0. The molecule has 1 fully saturated rings. The first-order valence-electron chi connectivity index (χ1n) is 6.82. The van der Waals surface area contributed by atoms with Crippen molar-refractivity contribution in [1.82, 2.24) is 15.1 Å². The second-order valence-electron chi connectivity index (χ2n) is 4.90. The van der Waals surface area contributed by atoms with Crippen LogP contribution < -0.4 is 0 Å². The summed E-state index contributed by atoms with van der Waals surface area (Å²) in [6.45, 7) is -0.404. The van der Waals surface area contributed by atoms with Gasteiger partial charge in [-0.1, -0.05) is 12.8 Å². The van der Waals surface area contributed by atoms with Gasteiger partial charge in [0, 0.05) is 13.1 Å². The van der Waals surface area contributed by atoms with Crippen LogP contribution >= 0.6 is 0 Å². The van der Waals surface area contributed by atoms with Gasteiger partial charge >= 0.3 is 17.9 Å². The molecule has 3 N–H and O–H groups in total. The van der Waals surface area contributed by atoms with Crippen LogP contribution in [-0.2, 0) is 14.4 Å². The average molecular weight is 303 g/mol. The van der Waals surface area contributed by atoms with Crippen LogP contribution in [0, 0.1) is 0 Å². The zero-order chi connectivity index (χ0) is 15.8. The Labute approximate surface area is 122 Å². The van der Waals surface area contributed by atoms with Gasteiger partial charge in [0.15, 0.2) is 0 Å². The van der Waals surface area contributed by atoms with Crippen LogP contribution in [0.2, 0.25) is 0 Å². The zero-order valence-corrected chi connectivity index (χ0v) is 11.8. The van der Waals surface area contributed by atoms with Crippen molar-refractivity contribution < 1.29 is 29.7 Å². The molecule has 1 heterocycles. The van der Waals surface area contributed by atoms with Crippen molar-refractivity contribution in [1.29, 1.82) is 0 Å². The minimum Gasteiger partial charge on any atom is -0.480 e. The van der Waals surface area contributed by atoms with Crippen molar-refractivity contribution in [3.05, 3.63) is 0 Å². The summed E-state index contributed by atoms with van der Waals surface area (Å²) in [5.74, 6) is -3.31. The molecular weight excluding hydrogens is 282 g/mol. The number of carboxylic acid groups (broad SMARTS) is 3. The van der Waals surface area contributed by atoms with Gasteiger partial charge in [-0.05, 0) is 12.8 Å². The number of nitrogens with zero attached hydrogens (tertiary/aromatic N) is 3. The first-order chi connectivity index (χ1) is 9.90. The molecule has 0 amide bonds. The molecule has 120 valence electrons. The van der Waals surface area contributed by atoms with Crippen molar-refractivity contribution >= 4 is 17.9 Å². The molecule has 0 aromatic heterocycles. The van der Waals surface area contributed by atoms with E-state index in [2.05, 4.69) is 0 Å². The quantitative estimate of drug-likeness (QED) is 0.598. The number of hydrogen-bond acceptors (Lipinski definition) is 6. The molecule has 1 aliphatic rings. The molecule has 0 bridgehead atoms. The molecular formula is C12H21N3O6. The Balaban J connectivity index is 2.97. The highest BCUT2D eigenvalue weighted by atomic mass is 16.4. The fraction of sp³-hybridized carbons (Fsp3) is 0.750. The smallest absolute Gasteiger partial charge is 0.320 e. The molecule has 21 heavy (non-hydrogen) atoms. The molecule has 0 radical (unpaired) electrons. The van der Waals surface area contributed by atoms with E-state index in [1.807, 2.05) is 0 Å². The van der Waals surface area contributed by atoms with E-state index < -0.39 is 24.5 Å². The molecule has 1 rings (SSSR count). The van der Waals surface area contributed by atoms with Crippen LogP contribution in [0.5, 0.6) is 0 Å². The summed E-state index contributed by atoms with van der Waals surface area (Å²) in [6.07, 6.45) is 3.28. The molecule has 9 heteroatoms. The van der Waals surface area contributed by atoms with Crippen LogP contribution in [0.3, 0.4) is 0 Å². The van der Waals surface area contributed by atoms with E-state index in [0.29, 0.717) is 13.1 Å². The molecule has 0 aromatic carbocycles. The van der Waals surface area contributed by atoms with E-state index in [4.69, 9.17) is 15.3 Å². The van der Waals surface area contributed by atoms with Crippen molar-refractivity contribution in [2.45, 2.75) is 25.7 Å². The molecule has 0 unspecified atom stereocenters. The van der Waals surface area contributed by atoms with E-state index in [0.717, 1.165) is 25.7 Å². The summed E-state index contributed by atoms with van der Waals surface area (Å²) < 4.78 is 0. The van der Waals surface area contributed by atoms with Gasteiger partial charge in [0.05, 0.1) is 0 Å². The number of carboxylic acids is 3. The minimum absolute atomic E-state index is 0.358. The first kappa shape index (κ1) is 17.3. The predicted octanol–water partition coefficient (Wildman–Crippen LogP) is -0.450. The lowest BCUT2D eigenvalue weighted by atomic mass is 10.2. The van der Waals surface area contributed by atoms with E-state index in [9.17, 15) is 14.4 Å². The van der Waals surface area contributed by atoms with Crippen LogP contribution in [0.4, 0.5) is 0 Å². The number of rotatable bonds is 6. The van der Waals surface area contributed by atoms with E-state index >= 15 is 0 Å². The topological polar surface area (TPSA) is 122 Å². The minimum atomic E-state index is -1.14. The molecule has 0 saturated carbocycles. The Kier molecular flexibility index (Phi) is 7.06. The first-order valence-corrected chi connectivity index (χ1v) is 6.82. The van der Waals surface area contributed by atoms with Gasteiger partial charge < -0.3 is 15.3 Å². The average Bonchev–Trinajstić information content (AvgIpc) is 2.42. The van der Waals surface area contributed by atoms with Gasteiger partial charge in [-0.3, -0.25) is 14.4 Å². The van der Waals surface area contributed by atoms with E-state index in [1.54, 1.807) is 0 Å². The number of aliphatic carboxylic acids is 3. The molecule has 1 aliphatic heterocycles.